The number of hydrogen-bond acceptors (Lipinski definition) is 3. The van der Waals surface area contributed by atoms with Crippen molar-refractivity contribution in [3.8, 4) is 117 Å². The first kappa shape index (κ1) is 87.4. The van der Waals surface area contributed by atoms with Crippen molar-refractivity contribution >= 4 is 39.6 Å². The summed E-state index contributed by atoms with van der Waals surface area (Å²) in [5.41, 5.74) is 27.1. The summed E-state index contributed by atoms with van der Waals surface area (Å²) in [5.74, 6) is 1.87. The van der Waals surface area contributed by atoms with Crippen molar-refractivity contribution in [1.82, 2.24) is 0 Å². The first-order valence-electron chi connectivity index (χ1n) is 45.0. The lowest BCUT2D eigenvalue weighted by atomic mass is 9.72. The Hall–Kier alpha value is -11.5. The van der Waals surface area contributed by atoms with Gasteiger partial charge >= 0.3 is 7.32 Å². The van der Waals surface area contributed by atoms with E-state index in [0.717, 1.165) is 132 Å². The highest BCUT2D eigenvalue weighted by Crippen LogP contribution is 2.61. The van der Waals surface area contributed by atoms with Gasteiger partial charge in [0.05, 0.1) is 0 Å². The van der Waals surface area contributed by atoms with Crippen LogP contribution >= 0.6 is 0 Å². The monoisotopic (exact) mass is 1630 g/mol. The average Bonchev–Trinajstić information content (AvgIpc) is 0.713. The van der Waals surface area contributed by atoms with Crippen LogP contribution in [0.5, 0.6) is 17.2 Å². The predicted molar refractivity (Wildman–Crippen MR) is 537 cm³/mol. The van der Waals surface area contributed by atoms with E-state index in [-0.39, 0.29) is 48.7 Å². The summed E-state index contributed by atoms with van der Waals surface area (Å²) >= 11 is 0. The van der Waals surface area contributed by atoms with Crippen LogP contribution in [0.15, 0.2) is 291 Å². The van der Waals surface area contributed by atoms with Crippen molar-refractivity contribution in [2.45, 2.75) is 236 Å². The molecule has 0 atom stereocenters. The van der Waals surface area contributed by atoms with Gasteiger partial charge in [0.2, 0.25) is 0 Å². The third-order valence-electron chi connectivity index (χ3n) is 25.2. The SMILES string of the molecule is CC(C)(C)c1ccccc1-c1c(-c2ccccc2C(C)(C)C)c(-c2ccccc2C(C)(C)C)c2ccccc2c1OB(Oc1c(-c2ccccc2C(C)(C)C)c(-c2ccccc2C(C)(C)C)c(-c2ccccc2C(C)(C)C)c2ccccc12)Oc1c(-c2ccccc2C(C)(C)C)c(-c2ccccc2C(C)(C)C)c(-c2ccccc2C(C)(C)C)c2ccccc12. The maximum atomic E-state index is 9.00. The molecule has 0 aromatic heterocycles. The van der Waals surface area contributed by atoms with E-state index in [0.29, 0.717) is 17.2 Å². The van der Waals surface area contributed by atoms with E-state index in [4.69, 9.17) is 14.0 Å². The van der Waals surface area contributed by atoms with Gasteiger partial charge in [-0.05, 0) is 182 Å². The smallest absolute Gasteiger partial charge is 0.488 e. The van der Waals surface area contributed by atoms with Crippen LogP contribution in [0.2, 0.25) is 0 Å². The highest BCUT2D eigenvalue weighted by atomic mass is 16.7. The van der Waals surface area contributed by atoms with Gasteiger partial charge in [-0.3, -0.25) is 0 Å². The van der Waals surface area contributed by atoms with Gasteiger partial charge in [0.15, 0.2) is 0 Å². The second kappa shape index (κ2) is 32.6. The van der Waals surface area contributed by atoms with Crippen molar-refractivity contribution in [2.75, 3.05) is 0 Å². The Labute approximate surface area is 743 Å². The molecule has 124 heavy (non-hydrogen) atoms. The van der Waals surface area contributed by atoms with Crippen LogP contribution in [-0.2, 0) is 48.7 Å². The largest absolute Gasteiger partial charge is 0.864 e. The Balaban J connectivity index is 1.23. The number of rotatable bonds is 15. The van der Waals surface area contributed by atoms with Crippen molar-refractivity contribution in [2.24, 2.45) is 0 Å². The molecule has 0 saturated heterocycles. The molecule has 15 aromatic rings. The van der Waals surface area contributed by atoms with Crippen LogP contribution in [0, 0.1) is 0 Å². The summed E-state index contributed by atoms with van der Waals surface area (Å²) in [7, 11) is -1.63. The van der Waals surface area contributed by atoms with Gasteiger partial charge in [-0.25, -0.2) is 0 Å². The molecule has 0 amide bonds. The van der Waals surface area contributed by atoms with Crippen LogP contribution in [-0.4, -0.2) is 7.32 Å². The molecule has 630 valence electrons. The molecule has 3 nitrogen and oxygen atoms in total. The number of benzene rings is 15. The molecular formula is C120H129BO3. The molecule has 0 heterocycles. The molecule has 0 fully saturated rings. The van der Waals surface area contributed by atoms with E-state index in [1.54, 1.807) is 0 Å². The molecule has 0 spiro atoms. The third kappa shape index (κ3) is 16.6. The second-order valence-electron chi connectivity index (χ2n) is 43.8. The zero-order valence-corrected chi connectivity index (χ0v) is 79.0. The van der Waals surface area contributed by atoms with Crippen LogP contribution in [0.3, 0.4) is 0 Å². The summed E-state index contributed by atoms with van der Waals surface area (Å²) in [6.45, 7) is 63.5. The van der Waals surface area contributed by atoms with Crippen molar-refractivity contribution in [3.05, 3.63) is 341 Å². The molecular weight excluding hydrogens is 1500 g/mol. The van der Waals surface area contributed by atoms with Gasteiger partial charge in [-0.2, -0.15) is 0 Å². The zero-order chi connectivity index (χ0) is 88.9. The lowest BCUT2D eigenvalue weighted by Gasteiger charge is -2.34. The Bertz CT molecular complexity index is 5940. The summed E-state index contributed by atoms with van der Waals surface area (Å²) in [5, 5.41) is 5.81. The van der Waals surface area contributed by atoms with Gasteiger partial charge < -0.3 is 14.0 Å². The van der Waals surface area contributed by atoms with Gasteiger partial charge in [0, 0.05) is 49.5 Å². The Morgan fingerprint density at radius 3 is 0.411 bits per heavy atom. The Morgan fingerprint density at radius 1 is 0.137 bits per heavy atom. The molecule has 15 aromatic carbocycles. The summed E-state index contributed by atoms with van der Waals surface area (Å²) in [4.78, 5) is 0. The van der Waals surface area contributed by atoms with E-state index in [9.17, 15) is 0 Å². The van der Waals surface area contributed by atoms with Crippen LogP contribution < -0.4 is 14.0 Å². The summed E-state index contributed by atoms with van der Waals surface area (Å²) < 4.78 is 27.0. The molecule has 0 aliphatic carbocycles. The fourth-order valence-electron chi connectivity index (χ4n) is 19.6. The predicted octanol–water partition coefficient (Wildman–Crippen LogP) is 34.3. The van der Waals surface area contributed by atoms with Crippen molar-refractivity contribution in [1.29, 1.82) is 0 Å². The van der Waals surface area contributed by atoms with Gasteiger partial charge in [-0.1, -0.05) is 478 Å². The molecule has 4 heteroatoms. The fourth-order valence-corrected chi connectivity index (χ4v) is 19.6. The highest BCUT2D eigenvalue weighted by Gasteiger charge is 2.44. The maximum absolute atomic E-state index is 9.00. The molecule has 0 aliphatic heterocycles. The maximum Gasteiger partial charge on any atom is 0.864 e. The zero-order valence-electron chi connectivity index (χ0n) is 79.0. The minimum absolute atomic E-state index is 0.282. The van der Waals surface area contributed by atoms with E-state index in [1.807, 2.05) is 0 Å². The lowest BCUT2D eigenvalue weighted by Crippen LogP contribution is -2.38. The molecule has 0 unspecified atom stereocenters. The van der Waals surface area contributed by atoms with Gasteiger partial charge in [0.25, 0.3) is 0 Å². The first-order chi connectivity index (χ1) is 58.3. The van der Waals surface area contributed by atoms with E-state index in [2.05, 4.69) is 478 Å². The average molecular weight is 1630 g/mol. The minimum Gasteiger partial charge on any atom is -0.488 e. The fraction of sp³-hybridized carbons (Fsp3) is 0.300. The molecule has 0 N–H and O–H groups in total. The minimum atomic E-state index is -1.63. The summed E-state index contributed by atoms with van der Waals surface area (Å²) in [6, 6.07) is 109. The quantitative estimate of drug-likeness (QED) is 0.0958. The number of fused-ring (bicyclic) bond motifs is 3. The molecule has 0 saturated carbocycles. The molecule has 0 radical (unpaired) electrons. The van der Waals surface area contributed by atoms with Crippen LogP contribution in [0.1, 0.15) is 237 Å². The normalized spacial score (nSPS) is 12.8. The van der Waals surface area contributed by atoms with Crippen LogP contribution in [0.25, 0.3) is 132 Å². The van der Waals surface area contributed by atoms with Gasteiger partial charge in [-0.15, -0.1) is 0 Å². The van der Waals surface area contributed by atoms with E-state index >= 15 is 0 Å². The van der Waals surface area contributed by atoms with Gasteiger partial charge in [0.1, 0.15) is 17.2 Å². The lowest BCUT2D eigenvalue weighted by molar-refractivity contribution is 0.313. The van der Waals surface area contributed by atoms with E-state index < -0.39 is 7.32 Å². The molecule has 0 aliphatic rings. The summed E-state index contributed by atoms with van der Waals surface area (Å²) in [6.07, 6.45) is 0. The molecule has 0 bridgehead atoms. The third-order valence-corrected chi connectivity index (χ3v) is 25.2. The van der Waals surface area contributed by atoms with Crippen LogP contribution in [0.4, 0.5) is 0 Å². The topological polar surface area (TPSA) is 27.7 Å². The number of hydrogen-bond donors (Lipinski definition) is 0. The van der Waals surface area contributed by atoms with Crippen molar-refractivity contribution < 1.29 is 14.0 Å². The Kier molecular flexibility index (Phi) is 23.0. The highest BCUT2D eigenvalue weighted by molar-refractivity contribution is 6.42. The Morgan fingerprint density at radius 2 is 0.258 bits per heavy atom. The second-order valence-corrected chi connectivity index (χ2v) is 43.8. The standard InChI is InChI=1S/C120H129BO3/c1-112(2,3)91-67-43-34-58-82(91)100-76-52-28-31-55-79(76)109(106(88-64-40-49-73-97(88)118(19,20)21)103(100)85-61-37-46-70-94(85)115(10,11)12)122-121(123-110-80-56-32-29-53-77(80)101(83-59-35-44-68-92(83)113(4,5)6)104(86-62-38-47-71-95(86)116(13,14)15)107(110)89-65-41-50-74-98(89)119(22,23)24)124-111-81-57-33-30-54-78(81)102(84-60-36-45-69-93(84)114(7,8)9)105(87-63-39-48-72-96(87)117(16,17)18)108(111)90-66-42-51-75-99(90)120(25,26)27/h28-75H,1-27H3. The van der Waals surface area contributed by atoms with Crippen molar-refractivity contribution in [3.63, 3.8) is 0 Å². The first-order valence-corrected chi connectivity index (χ1v) is 45.0. The molecule has 15 rings (SSSR count). The van der Waals surface area contributed by atoms with E-state index in [1.165, 1.54) is 50.1 Å².